The summed E-state index contributed by atoms with van der Waals surface area (Å²) in [6.45, 7) is 0. The maximum atomic E-state index is 5.42. The number of ether oxygens (including phenoxy) is 2. The van der Waals surface area contributed by atoms with E-state index in [1.54, 1.807) is 14.2 Å². The van der Waals surface area contributed by atoms with Crippen molar-refractivity contribution in [2.75, 3.05) is 21.3 Å². The Kier molecular flexibility index (Phi) is 2.82. The molecular formula is C12H17NO2. The van der Waals surface area contributed by atoms with E-state index in [1.165, 1.54) is 11.1 Å². The Labute approximate surface area is 90.4 Å². The summed E-state index contributed by atoms with van der Waals surface area (Å²) < 4.78 is 10.7. The molecule has 0 bridgehead atoms. The van der Waals surface area contributed by atoms with Gasteiger partial charge in [0.15, 0.2) is 11.5 Å². The van der Waals surface area contributed by atoms with E-state index in [1.807, 2.05) is 13.1 Å². The molecule has 0 spiro atoms. The summed E-state index contributed by atoms with van der Waals surface area (Å²) in [5.41, 5.74) is 2.63. The molecule has 1 aromatic carbocycles. The number of hydrogen-bond donors (Lipinski definition) is 1. The predicted octanol–water partition coefficient (Wildman–Crippen LogP) is 1.91. The summed E-state index contributed by atoms with van der Waals surface area (Å²) in [7, 11) is 5.37. The Balaban J connectivity index is 2.48. The lowest BCUT2D eigenvalue weighted by Gasteiger charge is -2.14. The van der Waals surface area contributed by atoms with E-state index < -0.39 is 0 Å². The van der Waals surface area contributed by atoms with Gasteiger partial charge in [-0.25, -0.2) is 0 Å². The first kappa shape index (κ1) is 10.3. The number of hydrogen-bond acceptors (Lipinski definition) is 3. The molecule has 0 aliphatic heterocycles. The summed E-state index contributed by atoms with van der Waals surface area (Å²) in [6, 6.07) is 4.57. The third kappa shape index (κ3) is 1.57. The van der Waals surface area contributed by atoms with Crippen molar-refractivity contribution in [3.05, 3.63) is 23.3 Å². The van der Waals surface area contributed by atoms with Gasteiger partial charge in [0.05, 0.1) is 14.2 Å². The van der Waals surface area contributed by atoms with Crippen LogP contribution in [-0.2, 0) is 6.42 Å². The zero-order chi connectivity index (χ0) is 10.8. The number of benzene rings is 1. The third-order valence-electron chi connectivity index (χ3n) is 3.09. The lowest BCUT2D eigenvalue weighted by Crippen LogP contribution is -2.12. The van der Waals surface area contributed by atoms with Gasteiger partial charge in [0, 0.05) is 11.6 Å². The lowest BCUT2D eigenvalue weighted by molar-refractivity contribution is 0.352. The van der Waals surface area contributed by atoms with E-state index in [0.717, 1.165) is 24.3 Å². The van der Waals surface area contributed by atoms with E-state index in [-0.39, 0.29) is 0 Å². The molecule has 0 radical (unpaired) electrons. The maximum absolute atomic E-state index is 5.42. The van der Waals surface area contributed by atoms with E-state index in [0.29, 0.717) is 6.04 Å². The molecule has 0 unspecified atom stereocenters. The summed E-state index contributed by atoms with van der Waals surface area (Å²) in [5.74, 6) is 1.72. The van der Waals surface area contributed by atoms with Crippen LogP contribution in [0.2, 0.25) is 0 Å². The molecule has 0 amide bonds. The van der Waals surface area contributed by atoms with Gasteiger partial charge < -0.3 is 14.8 Å². The molecule has 1 aromatic rings. The van der Waals surface area contributed by atoms with Crippen molar-refractivity contribution in [2.45, 2.75) is 18.9 Å². The maximum Gasteiger partial charge on any atom is 0.164 e. The van der Waals surface area contributed by atoms with Crippen molar-refractivity contribution in [1.29, 1.82) is 0 Å². The van der Waals surface area contributed by atoms with E-state index in [4.69, 9.17) is 9.47 Å². The highest BCUT2D eigenvalue weighted by atomic mass is 16.5. The van der Waals surface area contributed by atoms with Crippen LogP contribution < -0.4 is 14.8 Å². The van der Waals surface area contributed by atoms with Gasteiger partial charge in [-0.2, -0.15) is 0 Å². The Bertz CT molecular complexity index is 363. The lowest BCUT2D eigenvalue weighted by atomic mass is 10.1. The summed E-state index contributed by atoms with van der Waals surface area (Å²) in [4.78, 5) is 0. The van der Waals surface area contributed by atoms with Crippen molar-refractivity contribution in [2.24, 2.45) is 0 Å². The normalized spacial score (nSPS) is 18.7. The standard InChI is InChI=1S/C12H17NO2/c1-13-10-6-4-9-8(10)5-7-11(14-2)12(9)15-3/h5,7,10,13H,4,6H2,1-3H3/t10-/m0/s1. The molecule has 1 atom stereocenters. The molecule has 0 fully saturated rings. The highest BCUT2D eigenvalue weighted by Gasteiger charge is 2.25. The van der Waals surface area contributed by atoms with Gasteiger partial charge in [0.2, 0.25) is 0 Å². The van der Waals surface area contributed by atoms with E-state index in [2.05, 4.69) is 11.4 Å². The monoisotopic (exact) mass is 207 g/mol. The van der Waals surface area contributed by atoms with E-state index in [9.17, 15) is 0 Å². The van der Waals surface area contributed by atoms with Crippen LogP contribution in [0.15, 0.2) is 12.1 Å². The van der Waals surface area contributed by atoms with Gasteiger partial charge in [0.25, 0.3) is 0 Å². The molecule has 2 rings (SSSR count). The highest BCUT2D eigenvalue weighted by molar-refractivity contribution is 5.53. The topological polar surface area (TPSA) is 30.5 Å². The van der Waals surface area contributed by atoms with Gasteiger partial charge >= 0.3 is 0 Å². The molecule has 0 saturated heterocycles. The summed E-state index contributed by atoms with van der Waals surface area (Å²) in [5, 5.41) is 3.31. The third-order valence-corrected chi connectivity index (χ3v) is 3.09. The zero-order valence-electron chi connectivity index (χ0n) is 9.46. The molecule has 0 aromatic heterocycles. The molecule has 15 heavy (non-hydrogen) atoms. The fourth-order valence-electron chi connectivity index (χ4n) is 2.33. The highest BCUT2D eigenvalue weighted by Crippen LogP contribution is 2.41. The Morgan fingerprint density at radius 3 is 2.67 bits per heavy atom. The van der Waals surface area contributed by atoms with Crippen LogP contribution in [0.4, 0.5) is 0 Å². The zero-order valence-corrected chi connectivity index (χ0v) is 9.46. The number of methoxy groups -OCH3 is 2. The van der Waals surface area contributed by atoms with Crippen molar-refractivity contribution < 1.29 is 9.47 Å². The molecule has 1 aliphatic carbocycles. The fraction of sp³-hybridized carbons (Fsp3) is 0.500. The summed E-state index contributed by atoms with van der Waals surface area (Å²) in [6.07, 6.45) is 2.19. The number of nitrogens with one attached hydrogen (secondary N) is 1. The second-order valence-electron chi connectivity index (χ2n) is 3.75. The molecule has 1 aliphatic rings. The summed E-state index contributed by atoms with van der Waals surface area (Å²) >= 11 is 0. The van der Waals surface area contributed by atoms with Crippen molar-refractivity contribution in [3.8, 4) is 11.5 Å². The van der Waals surface area contributed by atoms with Crippen molar-refractivity contribution in [3.63, 3.8) is 0 Å². The first-order valence-electron chi connectivity index (χ1n) is 5.22. The fourth-order valence-corrected chi connectivity index (χ4v) is 2.33. The van der Waals surface area contributed by atoms with Gasteiger partial charge in [-0.05, 0) is 31.5 Å². The van der Waals surface area contributed by atoms with Crippen LogP contribution in [-0.4, -0.2) is 21.3 Å². The first-order chi connectivity index (χ1) is 7.31. The Morgan fingerprint density at radius 2 is 2.07 bits per heavy atom. The van der Waals surface area contributed by atoms with Crippen molar-refractivity contribution in [1.82, 2.24) is 5.32 Å². The van der Waals surface area contributed by atoms with Crippen LogP contribution in [0.5, 0.6) is 11.5 Å². The minimum Gasteiger partial charge on any atom is -0.493 e. The molecule has 82 valence electrons. The molecular weight excluding hydrogens is 190 g/mol. The van der Waals surface area contributed by atoms with Crippen LogP contribution >= 0.6 is 0 Å². The average molecular weight is 207 g/mol. The van der Waals surface area contributed by atoms with Crippen LogP contribution in [0.3, 0.4) is 0 Å². The van der Waals surface area contributed by atoms with Gasteiger partial charge in [-0.1, -0.05) is 6.07 Å². The van der Waals surface area contributed by atoms with Gasteiger partial charge in [0.1, 0.15) is 0 Å². The van der Waals surface area contributed by atoms with Crippen LogP contribution in [0.1, 0.15) is 23.6 Å². The number of fused-ring (bicyclic) bond motifs is 1. The average Bonchev–Trinajstić information content (AvgIpc) is 2.70. The predicted molar refractivity (Wildman–Crippen MR) is 59.7 cm³/mol. The molecule has 0 heterocycles. The van der Waals surface area contributed by atoms with Crippen LogP contribution in [0, 0.1) is 0 Å². The quantitative estimate of drug-likeness (QED) is 0.821. The van der Waals surface area contributed by atoms with Crippen LogP contribution in [0.25, 0.3) is 0 Å². The smallest absolute Gasteiger partial charge is 0.164 e. The minimum absolute atomic E-state index is 0.458. The Morgan fingerprint density at radius 1 is 1.27 bits per heavy atom. The molecule has 0 saturated carbocycles. The second kappa shape index (κ2) is 4.11. The second-order valence-corrected chi connectivity index (χ2v) is 3.75. The Hall–Kier alpha value is -1.22. The SMILES string of the molecule is CN[C@H]1CCc2c1ccc(OC)c2OC. The number of rotatable bonds is 3. The van der Waals surface area contributed by atoms with E-state index >= 15 is 0 Å². The van der Waals surface area contributed by atoms with Crippen molar-refractivity contribution >= 4 is 0 Å². The molecule has 1 N–H and O–H groups in total. The molecule has 3 nitrogen and oxygen atoms in total. The molecule has 3 heteroatoms. The largest absolute Gasteiger partial charge is 0.493 e. The van der Waals surface area contributed by atoms with Gasteiger partial charge in [-0.3, -0.25) is 0 Å². The van der Waals surface area contributed by atoms with Gasteiger partial charge in [-0.15, -0.1) is 0 Å². The minimum atomic E-state index is 0.458. The first-order valence-corrected chi connectivity index (χ1v) is 5.22.